The van der Waals surface area contributed by atoms with Gasteiger partial charge < -0.3 is 10.1 Å². The van der Waals surface area contributed by atoms with Gasteiger partial charge >= 0.3 is 6.03 Å². The van der Waals surface area contributed by atoms with Gasteiger partial charge in [0.15, 0.2) is 0 Å². The van der Waals surface area contributed by atoms with E-state index in [1.54, 1.807) is 19.1 Å². The van der Waals surface area contributed by atoms with Gasteiger partial charge in [-0.1, -0.05) is 29.3 Å². The van der Waals surface area contributed by atoms with Gasteiger partial charge in [0, 0.05) is 10.7 Å². The summed E-state index contributed by atoms with van der Waals surface area (Å²) in [7, 11) is 0. The van der Waals surface area contributed by atoms with Gasteiger partial charge in [-0.25, -0.2) is 13.6 Å². The van der Waals surface area contributed by atoms with Crippen LogP contribution in [0.4, 0.5) is 19.3 Å². The largest absolute Gasteiger partial charge is 0.455 e. The molecule has 0 radical (unpaired) electrons. The highest BCUT2D eigenvalue weighted by atomic mass is 35.5. The van der Waals surface area contributed by atoms with Crippen molar-refractivity contribution in [2.24, 2.45) is 0 Å². The Morgan fingerprint density at radius 2 is 1.59 bits per heavy atom. The number of carbonyl (C=O) groups excluding carboxylic acids is 2. The summed E-state index contributed by atoms with van der Waals surface area (Å²) in [6, 6.07) is 8.75. The maximum Gasteiger partial charge on any atom is 0.326 e. The van der Waals surface area contributed by atoms with Crippen LogP contribution in [0.15, 0.2) is 42.5 Å². The van der Waals surface area contributed by atoms with Gasteiger partial charge in [-0.3, -0.25) is 10.1 Å². The third-order valence-electron chi connectivity index (χ3n) is 5.60. The number of amides is 3. The highest BCUT2D eigenvalue weighted by Gasteiger charge is 2.21. The highest BCUT2D eigenvalue weighted by molar-refractivity contribution is 6.32. The Morgan fingerprint density at radius 3 is 2.29 bits per heavy atom. The maximum absolute atomic E-state index is 13.8. The van der Waals surface area contributed by atoms with Crippen molar-refractivity contribution in [2.45, 2.75) is 32.6 Å². The molecule has 3 aromatic carbocycles. The molecule has 5 nitrogen and oxygen atoms in total. The Labute approximate surface area is 205 Å². The maximum atomic E-state index is 13.8. The minimum absolute atomic E-state index is 0.229. The number of nitrogens with one attached hydrogen (secondary N) is 2. The van der Waals surface area contributed by atoms with E-state index in [2.05, 4.69) is 5.32 Å². The fraction of sp³-hybridized carbons (Fsp3) is 0.200. The molecule has 0 aliphatic heterocycles. The van der Waals surface area contributed by atoms with Gasteiger partial charge in [-0.05, 0) is 85.7 Å². The fourth-order valence-corrected chi connectivity index (χ4v) is 4.38. The first-order valence-electron chi connectivity index (χ1n) is 10.6. The lowest BCUT2D eigenvalue weighted by molar-refractivity contribution is 0.0959. The fourth-order valence-electron chi connectivity index (χ4n) is 3.91. The van der Waals surface area contributed by atoms with E-state index in [4.69, 9.17) is 27.9 Å². The number of carbonyl (C=O) groups is 2. The molecule has 4 rings (SSSR count). The minimum atomic E-state index is -1.20. The zero-order valence-corrected chi connectivity index (χ0v) is 19.6. The van der Waals surface area contributed by atoms with Crippen LogP contribution in [0.25, 0.3) is 0 Å². The molecular formula is C25H20Cl2F2N2O3. The van der Waals surface area contributed by atoms with Crippen LogP contribution in [0.5, 0.6) is 11.5 Å². The van der Waals surface area contributed by atoms with Crippen molar-refractivity contribution >= 4 is 40.8 Å². The molecule has 34 heavy (non-hydrogen) atoms. The number of urea groups is 1. The molecule has 0 fully saturated rings. The summed E-state index contributed by atoms with van der Waals surface area (Å²) in [6.07, 6.45) is 3.87. The lowest BCUT2D eigenvalue weighted by atomic mass is 9.91. The van der Waals surface area contributed by atoms with Crippen molar-refractivity contribution in [3.8, 4) is 11.5 Å². The van der Waals surface area contributed by atoms with E-state index >= 15 is 0 Å². The average molecular weight is 505 g/mol. The smallest absolute Gasteiger partial charge is 0.326 e. The van der Waals surface area contributed by atoms with Crippen molar-refractivity contribution in [1.82, 2.24) is 5.32 Å². The quantitative estimate of drug-likeness (QED) is 0.394. The molecule has 0 unspecified atom stereocenters. The minimum Gasteiger partial charge on any atom is -0.455 e. The Kier molecular flexibility index (Phi) is 7.05. The number of imide groups is 1. The van der Waals surface area contributed by atoms with Crippen molar-refractivity contribution < 1.29 is 23.1 Å². The standard InChI is InChI=1S/C25H20Cl2F2N2O3/c1-13-11-22(34-21-10-9-16(26)14-5-2-3-6-15(14)21)17(27)12-20(13)30-25(33)31-24(32)23-18(28)7-4-8-19(23)29/h4,7-12H,2-3,5-6H2,1H3,(H2,30,31,32,33). The second-order valence-electron chi connectivity index (χ2n) is 7.91. The Hall–Kier alpha value is -3.16. The summed E-state index contributed by atoms with van der Waals surface area (Å²) < 4.78 is 33.6. The topological polar surface area (TPSA) is 67.4 Å². The van der Waals surface area contributed by atoms with Crippen LogP contribution in [0.3, 0.4) is 0 Å². The van der Waals surface area contributed by atoms with E-state index in [9.17, 15) is 18.4 Å². The molecule has 3 amide bonds. The zero-order chi connectivity index (χ0) is 24.4. The van der Waals surface area contributed by atoms with Gasteiger partial charge in [0.2, 0.25) is 0 Å². The third-order valence-corrected chi connectivity index (χ3v) is 6.25. The van der Waals surface area contributed by atoms with Gasteiger partial charge in [0.1, 0.15) is 28.7 Å². The summed E-state index contributed by atoms with van der Waals surface area (Å²) in [6.45, 7) is 1.72. The monoisotopic (exact) mass is 504 g/mol. The molecule has 1 aliphatic carbocycles. The van der Waals surface area contributed by atoms with Crippen LogP contribution in [-0.2, 0) is 12.8 Å². The average Bonchev–Trinajstić information content (AvgIpc) is 2.79. The van der Waals surface area contributed by atoms with E-state index in [-0.39, 0.29) is 5.02 Å². The van der Waals surface area contributed by atoms with E-state index in [0.29, 0.717) is 22.7 Å². The predicted octanol–water partition coefficient (Wildman–Crippen LogP) is 7.21. The molecule has 0 bridgehead atoms. The SMILES string of the molecule is Cc1cc(Oc2ccc(Cl)c3c2CCCC3)c(Cl)cc1NC(=O)NC(=O)c1c(F)cccc1F. The molecule has 0 aromatic heterocycles. The van der Waals surface area contributed by atoms with Crippen LogP contribution < -0.4 is 15.4 Å². The molecule has 3 aromatic rings. The van der Waals surface area contributed by atoms with Crippen LogP contribution in [0.1, 0.15) is 39.9 Å². The van der Waals surface area contributed by atoms with Crippen molar-refractivity contribution in [1.29, 1.82) is 0 Å². The van der Waals surface area contributed by atoms with E-state index in [0.717, 1.165) is 60.0 Å². The van der Waals surface area contributed by atoms with Crippen LogP contribution in [0, 0.1) is 18.6 Å². The second kappa shape index (κ2) is 9.99. The van der Waals surface area contributed by atoms with Crippen LogP contribution >= 0.6 is 23.2 Å². The zero-order valence-electron chi connectivity index (χ0n) is 18.1. The predicted molar refractivity (Wildman–Crippen MR) is 127 cm³/mol. The first-order chi connectivity index (χ1) is 16.2. The van der Waals surface area contributed by atoms with Crippen molar-refractivity contribution in [3.05, 3.63) is 86.4 Å². The molecule has 0 spiro atoms. The molecule has 0 atom stereocenters. The number of aryl methyl sites for hydroxylation is 1. The third kappa shape index (κ3) is 5.00. The first kappa shape index (κ1) is 24.0. The number of anilines is 1. The Balaban J connectivity index is 1.50. The van der Waals surface area contributed by atoms with Crippen molar-refractivity contribution in [2.75, 3.05) is 5.32 Å². The van der Waals surface area contributed by atoms with Gasteiger partial charge in [0.25, 0.3) is 5.91 Å². The number of ether oxygens (including phenoxy) is 1. The lowest BCUT2D eigenvalue weighted by Gasteiger charge is -2.21. The molecule has 176 valence electrons. The number of hydrogen-bond donors (Lipinski definition) is 2. The number of rotatable bonds is 4. The molecule has 0 heterocycles. The molecular weight excluding hydrogens is 485 g/mol. The second-order valence-corrected chi connectivity index (χ2v) is 8.73. The van der Waals surface area contributed by atoms with Gasteiger partial charge in [-0.2, -0.15) is 0 Å². The Morgan fingerprint density at radius 1 is 0.912 bits per heavy atom. The summed E-state index contributed by atoms with van der Waals surface area (Å²) in [5.41, 5.74) is 2.20. The first-order valence-corrected chi connectivity index (χ1v) is 11.3. The summed E-state index contributed by atoms with van der Waals surface area (Å²) in [5, 5.41) is 5.33. The van der Waals surface area contributed by atoms with E-state index in [1.165, 1.54) is 6.07 Å². The van der Waals surface area contributed by atoms with Gasteiger partial charge in [0.05, 0.1) is 5.02 Å². The van der Waals surface area contributed by atoms with E-state index in [1.807, 2.05) is 11.4 Å². The Bertz CT molecular complexity index is 1280. The number of halogens is 4. The molecule has 0 saturated heterocycles. The molecule has 0 saturated carbocycles. The summed E-state index contributed by atoms with van der Waals surface area (Å²) in [4.78, 5) is 24.4. The molecule has 9 heteroatoms. The molecule has 2 N–H and O–H groups in total. The van der Waals surface area contributed by atoms with Crippen LogP contribution in [0.2, 0.25) is 10.0 Å². The van der Waals surface area contributed by atoms with Crippen LogP contribution in [-0.4, -0.2) is 11.9 Å². The van der Waals surface area contributed by atoms with Gasteiger partial charge in [-0.15, -0.1) is 0 Å². The lowest BCUT2D eigenvalue weighted by Crippen LogP contribution is -2.35. The summed E-state index contributed by atoms with van der Waals surface area (Å²) in [5.74, 6) is -2.28. The van der Waals surface area contributed by atoms with E-state index < -0.39 is 29.1 Å². The highest BCUT2D eigenvalue weighted by Crippen LogP contribution is 2.39. The number of hydrogen-bond acceptors (Lipinski definition) is 3. The number of benzene rings is 3. The molecule has 1 aliphatic rings. The van der Waals surface area contributed by atoms with Crippen molar-refractivity contribution in [3.63, 3.8) is 0 Å². The summed E-state index contributed by atoms with van der Waals surface area (Å²) >= 11 is 12.7. The number of fused-ring (bicyclic) bond motifs is 1. The normalized spacial score (nSPS) is 12.6.